The number of hydrogen-bond acceptors (Lipinski definition) is 2. The molecule has 0 aliphatic carbocycles. The smallest absolute Gasteiger partial charge is 0.0231 e. The molecule has 0 heterocycles. The molecule has 0 saturated heterocycles. The second kappa shape index (κ2) is 7.93. The van der Waals surface area contributed by atoms with E-state index in [4.69, 9.17) is 5.73 Å². The van der Waals surface area contributed by atoms with Crippen molar-refractivity contribution in [3.63, 3.8) is 0 Å². The number of hydrogen-bond donors (Lipinski definition) is 1. The van der Waals surface area contributed by atoms with Gasteiger partial charge in [0.05, 0.1) is 0 Å². The van der Waals surface area contributed by atoms with Gasteiger partial charge in [0.15, 0.2) is 0 Å². The van der Waals surface area contributed by atoms with Gasteiger partial charge in [0.1, 0.15) is 0 Å². The van der Waals surface area contributed by atoms with E-state index in [0.29, 0.717) is 5.92 Å². The van der Waals surface area contributed by atoms with Crippen molar-refractivity contribution in [2.45, 2.75) is 26.8 Å². The Hall–Kier alpha value is -0.380. The van der Waals surface area contributed by atoms with Crippen LogP contribution < -0.4 is 5.73 Å². The van der Waals surface area contributed by atoms with Crippen LogP contribution in [0.25, 0.3) is 0 Å². The molecule has 0 aliphatic rings. The van der Waals surface area contributed by atoms with Crippen molar-refractivity contribution in [3.8, 4) is 0 Å². The van der Waals surface area contributed by atoms with Crippen LogP contribution in [0.4, 0.5) is 0 Å². The van der Waals surface area contributed by atoms with E-state index in [1.807, 2.05) is 0 Å². The first-order chi connectivity index (χ1) is 8.51. The summed E-state index contributed by atoms with van der Waals surface area (Å²) < 4.78 is 1.14. The lowest BCUT2D eigenvalue weighted by atomic mass is 9.96. The molecule has 1 unspecified atom stereocenters. The molecule has 0 spiro atoms. The molecule has 3 heteroatoms. The number of benzene rings is 1. The Morgan fingerprint density at radius 2 is 2.06 bits per heavy atom. The van der Waals surface area contributed by atoms with Crippen molar-refractivity contribution in [2.24, 2.45) is 17.6 Å². The van der Waals surface area contributed by atoms with Crippen LogP contribution in [-0.4, -0.2) is 25.0 Å². The molecule has 0 aromatic heterocycles. The highest BCUT2D eigenvalue weighted by Crippen LogP contribution is 2.15. The molecule has 102 valence electrons. The molecule has 1 atom stereocenters. The lowest BCUT2D eigenvalue weighted by Gasteiger charge is -2.24. The predicted octanol–water partition coefficient (Wildman–Crippen LogP) is 3.50. The van der Waals surface area contributed by atoms with Gasteiger partial charge in [0, 0.05) is 17.6 Å². The van der Waals surface area contributed by atoms with Gasteiger partial charge < -0.3 is 10.6 Å². The minimum absolute atomic E-state index is 0.599. The molecule has 18 heavy (non-hydrogen) atoms. The molecule has 0 aliphatic heterocycles. The summed E-state index contributed by atoms with van der Waals surface area (Å²) in [4.78, 5) is 2.36. The normalized spacial score (nSPS) is 13.3. The summed E-state index contributed by atoms with van der Waals surface area (Å²) in [5.41, 5.74) is 7.19. The largest absolute Gasteiger partial charge is 0.330 e. The van der Waals surface area contributed by atoms with Crippen molar-refractivity contribution >= 4 is 15.9 Å². The molecule has 0 amide bonds. The van der Waals surface area contributed by atoms with E-state index in [1.54, 1.807) is 0 Å². The molecule has 0 saturated carbocycles. The maximum absolute atomic E-state index is 5.85. The van der Waals surface area contributed by atoms with E-state index in [2.05, 4.69) is 66.0 Å². The van der Waals surface area contributed by atoms with E-state index in [1.165, 1.54) is 12.0 Å². The van der Waals surface area contributed by atoms with Gasteiger partial charge in [-0.1, -0.05) is 41.9 Å². The maximum atomic E-state index is 5.85. The first-order valence-corrected chi connectivity index (χ1v) is 7.43. The number of halogens is 1. The maximum Gasteiger partial charge on any atom is 0.0231 e. The van der Waals surface area contributed by atoms with E-state index in [9.17, 15) is 0 Å². The standard InChI is InChI=1S/C15H25BrN2/c1-12(2)7-14(9-17)11-18(3)10-13-5-4-6-15(16)8-13/h4-6,8,12,14H,7,9-11,17H2,1-3H3. The van der Waals surface area contributed by atoms with Crippen LogP contribution in [0.3, 0.4) is 0 Å². The molecule has 0 bridgehead atoms. The Morgan fingerprint density at radius 1 is 1.33 bits per heavy atom. The van der Waals surface area contributed by atoms with Crippen LogP contribution >= 0.6 is 15.9 Å². The van der Waals surface area contributed by atoms with Gasteiger partial charge in [-0.05, 0) is 49.5 Å². The van der Waals surface area contributed by atoms with Crippen molar-refractivity contribution in [1.29, 1.82) is 0 Å². The third kappa shape index (κ3) is 5.98. The average Bonchev–Trinajstić information content (AvgIpc) is 2.27. The average molecular weight is 313 g/mol. The van der Waals surface area contributed by atoms with Crippen molar-refractivity contribution in [1.82, 2.24) is 4.90 Å². The Kier molecular flexibility index (Phi) is 6.90. The van der Waals surface area contributed by atoms with E-state index >= 15 is 0 Å². The molecular formula is C15H25BrN2. The zero-order valence-corrected chi connectivity index (χ0v) is 13.3. The molecule has 0 fully saturated rings. The predicted molar refractivity (Wildman–Crippen MR) is 82.5 cm³/mol. The number of nitrogens with two attached hydrogens (primary N) is 1. The SMILES string of the molecule is CC(C)CC(CN)CN(C)Cc1cccc(Br)c1. The minimum Gasteiger partial charge on any atom is -0.330 e. The van der Waals surface area contributed by atoms with Gasteiger partial charge in [0.25, 0.3) is 0 Å². The van der Waals surface area contributed by atoms with Crippen molar-refractivity contribution < 1.29 is 0 Å². The lowest BCUT2D eigenvalue weighted by molar-refractivity contribution is 0.250. The Labute approximate surface area is 120 Å². The highest BCUT2D eigenvalue weighted by molar-refractivity contribution is 9.10. The Bertz CT molecular complexity index is 352. The monoisotopic (exact) mass is 312 g/mol. The summed E-state index contributed by atoms with van der Waals surface area (Å²) >= 11 is 3.51. The quantitative estimate of drug-likeness (QED) is 0.835. The summed E-state index contributed by atoms with van der Waals surface area (Å²) in [5, 5.41) is 0. The van der Waals surface area contributed by atoms with Crippen molar-refractivity contribution in [2.75, 3.05) is 20.1 Å². The fourth-order valence-corrected chi connectivity index (χ4v) is 2.81. The number of nitrogens with zero attached hydrogens (tertiary/aromatic N) is 1. The fourth-order valence-electron chi connectivity index (χ4n) is 2.36. The summed E-state index contributed by atoms with van der Waals surface area (Å²) in [5.74, 6) is 1.32. The van der Waals surface area contributed by atoms with Gasteiger partial charge in [-0.3, -0.25) is 0 Å². The summed E-state index contributed by atoms with van der Waals surface area (Å²) in [6.45, 7) is 7.35. The molecule has 1 aromatic rings. The highest BCUT2D eigenvalue weighted by atomic mass is 79.9. The third-order valence-electron chi connectivity index (χ3n) is 3.05. The molecule has 0 radical (unpaired) electrons. The summed E-state index contributed by atoms with van der Waals surface area (Å²) in [6, 6.07) is 8.49. The van der Waals surface area contributed by atoms with Crippen LogP contribution in [0.5, 0.6) is 0 Å². The third-order valence-corrected chi connectivity index (χ3v) is 3.54. The second-order valence-electron chi connectivity index (χ2n) is 5.56. The Morgan fingerprint density at radius 3 is 2.61 bits per heavy atom. The van der Waals surface area contributed by atoms with E-state index in [0.717, 1.165) is 30.0 Å². The molecule has 2 N–H and O–H groups in total. The van der Waals surface area contributed by atoms with E-state index < -0.39 is 0 Å². The molecule has 2 nitrogen and oxygen atoms in total. The number of rotatable bonds is 7. The summed E-state index contributed by atoms with van der Waals surface area (Å²) in [6.07, 6.45) is 1.21. The summed E-state index contributed by atoms with van der Waals surface area (Å²) in [7, 11) is 2.17. The van der Waals surface area contributed by atoms with Crippen molar-refractivity contribution in [3.05, 3.63) is 34.3 Å². The van der Waals surface area contributed by atoms with Crippen LogP contribution in [-0.2, 0) is 6.54 Å². The van der Waals surface area contributed by atoms with Gasteiger partial charge >= 0.3 is 0 Å². The van der Waals surface area contributed by atoms with Gasteiger partial charge in [-0.25, -0.2) is 0 Å². The molecular weight excluding hydrogens is 288 g/mol. The lowest BCUT2D eigenvalue weighted by Crippen LogP contribution is -2.30. The van der Waals surface area contributed by atoms with Crippen LogP contribution in [0, 0.1) is 11.8 Å². The van der Waals surface area contributed by atoms with E-state index in [-0.39, 0.29) is 0 Å². The second-order valence-corrected chi connectivity index (χ2v) is 6.47. The zero-order chi connectivity index (χ0) is 13.5. The van der Waals surface area contributed by atoms with Crippen LogP contribution in [0.1, 0.15) is 25.8 Å². The fraction of sp³-hybridized carbons (Fsp3) is 0.600. The van der Waals surface area contributed by atoms with Gasteiger partial charge in [-0.2, -0.15) is 0 Å². The Balaban J connectivity index is 2.47. The zero-order valence-electron chi connectivity index (χ0n) is 11.7. The molecule has 1 rings (SSSR count). The topological polar surface area (TPSA) is 29.3 Å². The van der Waals surface area contributed by atoms with Crippen LogP contribution in [0.2, 0.25) is 0 Å². The first kappa shape index (κ1) is 15.7. The minimum atomic E-state index is 0.599. The van der Waals surface area contributed by atoms with Gasteiger partial charge in [0.2, 0.25) is 0 Å². The van der Waals surface area contributed by atoms with Gasteiger partial charge in [-0.15, -0.1) is 0 Å². The highest BCUT2D eigenvalue weighted by Gasteiger charge is 2.12. The van der Waals surface area contributed by atoms with Crippen LogP contribution in [0.15, 0.2) is 28.7 Å². The first-order valence-electron chi connectivity index (χ1n) is 6.64. The molecule has 1 aromatic carbocycles.